The van der Waals surface area contributed by atoms with Crippen molar-refractivity contribution in [1.29, 1.82) is 0 Å². The van der Waals surface area contributed by atoms with Gasteiger partial charge < -0.3 is 20.1 Å². The Hall–Kier alpha value is 0.300. The van der Waals surface area contributed by atoms with Crippen LogP contribution in [0.1, 0.15) is 72.1 Å². The van der Waals surface area contributed by atoms with Gasteiger partial charge in [-0.2, -0.15) is 0 Å². The maximum Gasteiger partial charge on any atom is 1.00 e. The molecule has 190 valence electrons. The predicted molar refractivity (Wildman–Crippen MR) is 124 cm³/mol. The van der Waals surface area contributed by atoms with Crippen molar-refractivity contribution in [2.45, 2.75) is 84.3 Å². The van der Waals surface area contributed by atoms with Gasteiger partial charge >= 0.3 is 29.6 Å². The van der Waals surface area contributed by atoms with E-state index in [2.05, 4.69) is 26.1 Å². The summed E-state index contributed by atoms with van der Waals surface area (Å²) in [6, 6.07) is 0. The Balaban J connectivity index is 0.00000324. The Morgan fingerprint density at radius 3 is 2.53 bits per heavy atom. The fraction of sp³-hybridized carbons (Fsp3) is 0.960. The second kappa shape index (κ2) is 11.0. The van der Waals surface area contributed by atoms with Crippen molar-refractivity contribution in [3.63, 3.8) is 0 Å². The molecule has 9 heteroatoms. The van der Waals surface area contributed by atoms with Crippen molar-refractivity contribution < 1.29 is 57.5 Å². The number of amides is 1. The minimum absolute atomic E-state index is 0. The first-order valence-corrected chi connectivity index (χ1v) is 14.5. The molecule has 0 spiro atoms. The largest absolute Gasteiger partial charge is 1.00 e. The number of nitrogens with one attached hydrogen (secondary N) is 1. The molecule has 0 heterocycles. The molecule has 34 heavy (non-hydrogen) atoms. The minimum Gasteiger partial charge on any atom is -0.748 e. The first-order chi connectivity index (χ1) is 15.4. The van der Waals surface area contributed by atoms with Gasteiger partial charge in [0.15, 0.2) is 0 Å². The number of carbonyl (C=O) groups is 1. The SMILES string of the molecule is C[C@H](CC(=O)NCCS(=O)(=O)[O-])[C@@H]1CC[C@@H]2[C@@H]1[C@H](C)C[C@H]1[C@H]2[C@H](O)C[C@@H]2C[C@H](O)CC[C@@]21C.[Na+]. The van der Waals surface area contributed by atoms with Crippen LogP contribution in [0.15, 0.2) is 0 Å². The van der Waals surface area contributed by atoms with Crippen LogP contribution >= 0.6 is 0 Å². The van der Waals surface area contributed by atoms with Gasteiger partial charge in [0.1, 0.15) is 0 Å². The summed E-state index contributed by atoms with van der Waals surface area (Å²) in [4.78, 5) is 12.4. The monoisotopic (exact) mass is 507 g/mol. The maximum atomic E-state index is 12.4. The van der Waals surface area contributed by atoms with E-state index >= 15 is 0 Å². The molecule has 0 bridgehead atoms. The quantitative estimate of drug-likeness (QED) is 0.329. The van der Waals surface area contributed by atoms with Crippen LogP contribution in [0.4, 0.5) is 0 Å². The summed E-state index contributed by atoms with van der Waals surface area (Å²) < 4.78 is 32.3. The fourth-order valence-corrected chi connectivity index (χ4v) is 9.20. The van der Waals surface area contributed by atoms with E-state index in [4.69, 9.17) is 0 Å². The summed E-state index contributed by atoms with van der Waals surface area (Å²) in [6.45, 7) is 6.76. The van der Waals surface area contributed by atoms with E-state index in [9.17, 15) is 28.0 Å². The zero-order valence-corrected chi connectivity index (χ0v) is 24.1. The molecule has 0 saturated heterocycles. The van der Waals surface area contributed by atoms with Gasteiger partial charge in [-0.3, -0.25) is 4.79 Å². The van der Waals surface area contributed by atoms with Gasteiger partial charge in [-0.1, -0.05) is 20.8 Å². The van der Waals surface area contributed by atoms with E-state index in [-0.39, 0.29) is 65.6 Å². The van der Waals surface area contributed by atoms with Gasteiger partial charge in [0.2, 0.25) is 5.91 Å². The number of carbonyl (C=O) groups excluding carboxylic acids is 1. The first-order valence-electron chi connectivity index (χ1n) is 13.0. The van der Waals surface area contributed by atoms with E-state index in [0.29, 0.717) is 47.8 Å². The minimum atomic E-state index is -4.32. The van der Waals surface area contributed by atoms with Crippen molar-refractivity contribution in [2.75, 3.05) is 12.3 Å². The molecule has 4 aliphatic rings. The van der Waals surface area contributed by atoms with Crippen LogP contribution in [0, 0.1) is 52.8 Å². The van der Waals surface area contributed by atoms with Crippen LogP contribution in [0.5, 0.6) is 0 Å². The van der Waals surface area contributed by atoms with Gasteiger partial charge in [-0.05, 0) is 97.7 Å². The number of aliphatic hydroxyl groups is 2. The summed E-state index contributed by atoms with van der Waals surface area (Å²) in [5, 5.41) is 24.1. The number of hydrogen-bond donors (Lipinski definition) is 3. The molecule has 7 nitrogen and oxygen atoms in total. The van der Waals surface area contributed by atoms with Crippen LogP contribution < -0.4 is 34.9 Å². The van der Waals surface area contributed by atoms with Gasteiger partial charge in [0.25, 0.3) is 0 Å². The molecule has 0 aliphatic heterocycles. The van der Waals surface area contributed by atoms with Crippen molar-refractivity contribution in [1.82, 2.24) is 5.32 Å². The number of hydrogen-bond acceptors (Lipinski definition) is 6. The normalized spacial score (nSPS) is 44.7. The average Bonchev–Trinajstić information content (AvgIpc) is 3.15. The molecule has 0 unspecified atom stereocenters. The topological polar surface area (TPSA) is 127 Å². The fourth-order valence-electron chi connectivity index (χ4n) is 8.85. The summed E-state index contributed by atoms with van der Waals surface area (Å²) >= 11 is 0. The Labute approximate surface area is 227 Å². The van der Waals surface area contributed by atoms with Crippen LogP contribution in [0.25, 0.3) is 0 Å². The second-order valence-corrected chi connectivity index (χ2v) is 13.6. The third-order valence-electron chi connectivity index (χ3n) is 10.3. The number of fused-ring (bicyclic) bond motifs is 5. The van der Waals surface area contributed by atoms with Gasteiger partial charge in [0.05, 0.1) is 28.1 Å². The van der Waals surface area contributed by atoms with E-state index in [1.54, 1.807) is 0 Å². The number of rotatable bonds is 6. The van der Waals surface area contributed by atoms with E-state index in [1.807, 2.05) is 0 Å². The van der Waals surface area contributed by atoms with Gasteiger partial charge in [0, 0.05) is 13.0 Å². The molecule has 0 aromatic heterocycles. The molecule has 0 aromatic carbocycles. The van der Waals surface area contributed by atoms with Crippen LogP contribution in [0.3, 0.4) is 0 Å². The van der Waals surface area contributed by atoms with Crippen molar-refractivity contribution in [3.05, 3.63) is 0 Å². The number of aliphatic hydroxyl groups excluding tert-OH is 2. The van der Waals surface area contributed by atoms with E-state index in [1.165, 1.54) is 0 Å². The van der Waals surface area contributed by atoms with Crippen molar-refractivity contribution in [2.24, 2.45) is 52.8 Å². The maximum absolute atomic E-state index is 12.4. The van der Waals surface area contributed by atoms with Crippen LogP contribution in [0.2, 0.25) is 0 Å². The Bertz CT molecular complexity index is 839. The molecule has 4 saturated carbocycles. The Kier molecular flexibility index (Phi) is 9.31. The smallest absolute Gasteiger partial charge is 0.748 e. The van der Waals surface area contributed by atoms with Crippen molar-refractivity contribution >= 4 is 16.0 Å². The summed E-state index contributed by atoms with van der Waals surface area (Å²) in [6.07, 6.45) is 6.64. The molecule has 4 fully saturated rings. The van der Waals surface area contributed by atoms with Crippen LogP contribution in [-0.4, -0.2) is 53.6 Å². The molecule has 11 atom stereocenters. The standard InChI is InChI=1S/C25H43NO6S.Na/c1-14(11-22(29)26-8-9-33(30,31)32)18-4-5-19-23(18)15(2)10-20-24(19)21(28)13-16-12-17(27)6-7-25(16,20)3;/h14-21,23-24,27-28H,4-13H2,1-3H3,(H,26,29)(H,30,31,32);/q;+1/p-1/t14-,15-,16+,17-,18+,19-,20+,21-,23-,24+,25+;/m1./s1. The molecule has 0 aromatic rings. The molecule has 0 radical (unpaired) electrons. The Morgan fingerprint density at radius 1 is 1.15 bits per heavy atom. The predicted octanol–water partition coefficient (Wildman–Crippen LogP) is -0.475. The van der Waals surface area contributed by atoms with Gasteiger partial charge in [-0.25, -0.2) is 8.42 Å². The Morgan fingerprint density at radius 2 is 1.85 bits per heavy atom. The molecule has 4 aliphatic carbocycles. The zero-order chi connectivity index (χ0) is 24.1. The van der Waals surface area contributed by atoms with Crippen molar-refractivity contribution in [3.8, 4) is 0 Å². The summed E-state index contributed by atoms with van der Waals surface area (Å²) in [5.41, 5.74) is 0.202. The third-order valence-corrected chi connectivity index (χ3v) is 11.0. The van der Waals surface area contributed by atoms with Gasteiger partial charge in [-0.15, -0.1) is 0 Å². The summed E-state index contributed by atoms with van der Waals surface area (Å²) in [5.74, 6) is 2.58. The first kappa shape index (κ1) is 28.9. The second-order valence-electron chi connectivity index (χ2n) is 12.1. The van der Waals surface area contributed by atoms with E-state index in [0.717, 1.165) is 44.9 Å². The van der Waals surface area contributed by atoms with E-state index < -0.39 is 15.9 Å². The average molecular weight is 508 g/mol. The molecule has 1 amide bonds. The molecular weight excluding hydrogens is 465 g/mol. The van der Waals surface area contributed by atoms with Crippen LogP contribution in [-0.2, 0) is 14.9 Å². The summed E-state index contributed by atoms with van der Waals surface area (Å²) in [7, 11) is -4.32. The molecule has 3 N–H and O–H groups in total. The molecular formula is C25H42NNaO6S. The third kappa shape index (κ3) is 5.73. The molecule has 4 rings (SSSR count). The zero-order valence-electron chi connectivity index (χ0n) is 21.3.